The molecule has 1 N–H and O–H groups in total. The van der Waals surface area contributed by atoms with E-state index in [9.17, 15) is 17.6 Å². The first kappa shape index (κ1) is 15.4. The van der Waals surface area contributed by atoms with Gasteiger partial charge in [-0.2, -0.15) is 0 Å². The Morgan fingerprint density at radius 2 is 1.91 bits per heavy atom. The Bertz CT molecular complexity index is 536. The molecule has 0 aliphatic carbocycles. The summed E-state index contributed by atoms with van der Waals surface area (Å²) in [6.07, 6.45) is -6.73. The first-order chi connectivity index (χ1) is 10.5. The van der Waals surface area contributed by atoms with Crippen molar-refractivity contribution in [2.24, 2.45) is 0 Å². The average molecular weight is 320 g/mol. The topological polar surface area (TPSA) is 33.7 Å². The van der Waals surface area contributed by atoms with Crippen LogP contribution in [0.1, 0.15) is 18.0 Å². The molecule has 0 bridgehead atoms. The van der Waals surface area contributed by atoms with Gasteiger partial charge in [0, 0.05) is 44.2 Å². The van der Waals surface area contributed by atoms with Crippen LogP contribution in [0.25, 0.3) is 0 Å². The van der Waals surface area contributed by atoms with Gasteiger partial charge in [0.05, 0.1) is 0 Å². The molecule has 0 spiro atoms. The van der Waals surface area contributed by atoms with Gasteiger partial charge in [-0.1, -0.05) is 12.1 Å². The van der Waals surface area contributed by atoms with Gasteiger partial charge in [-0.3, -0.25) is 4.90 Å². The second kappa shape index (κ2) is 5.92. The minimum absolute atomic E-state index is 0.114. The maximum atomic E-state index is 13.3. The van der Waals surface area contributed by atoms with Crippen LogP contribution < -0.4 is 14.8 Å². The first-order valence-corrected chi connectivity index (χ1v) is 7.08. The number of hydrogen-bond acceptors (Lipinski definition) is 4. The van der Waals surface area contributed by atoms with Crippen molar-refractivity contribution in [1.82, 2.24) is 10.2 Å². The van der Waals surface area contributed by atoms with Gasteiger partial charge in [-0.15, -0.1) is 8.78 Å². The van der Waals surface area contributed by atoms with Crippen LogP contribution in [0.2, 0.25) is 0 Å². The minimum Gasteiger partial charge on any atom is -0.395 e. The lowest BCUT2D eigenvalue weighted by Crippen LogP contribution is -2.45. The van der Waals surface area contributed by atoms with Crippen LogP contribution in [0.15, 0.2) is 18.2 Å². The number of piperazine rings is 1. The standard InChI is InChI=1S/C14H16F4N2O2/c15-12(16)8-10(20-6-4-19-5-7-20)9-2-1-3-11-13(9)22-14(17,18)21-11/h1-3,10,12,19H,4-8H2/t10-/m0/s1. The lowest BCUT2D eigenvalue weighted by molar-refractivity contribution is -0.287. The number of alkyl halides is 4. The molecule has 3 rings (SSSR count). The molecule has 1 atom stereocenters. The fourth-order valence-corrected chi connectivity index (χ4v) is 2.89. The number of hydrogen-bond donors (Lipinski definition) is 1. The molecule has 22 heavy (non-hydrogen) atoms. The molecule has 4 nitrogen and oxygen atoms in total. The highest BCUT2D eigenvalue weighted by Crippen LogP contribution is 2.47. The van der Waals surface area contributed by atoms with E-state index in [0.29, 0.717) is 31.7 Å². The van der Waals surface area contributed by atoms with Crippen LogP contribution >= 0.6 is 0 Å². The normalized spacial score (nSPS) is 22.0. The maximum Gasteiger partial charge on any atom is 0.586 e. The monoisotopic (exact) mass is 320 g/mol. The molecule has 2 aliphatic heterocycles. The van der Waals surface area contributed by atoms with Gasteiger partial charge >= 0.3 is 6.29 Å². The molecule has 8 heteroatoms. The highest BCUT2D eigenvalue weighted by Gasteiger charge is 2.45. The van der Waals surface area contributed by atoms with Gasteiger partial charge in [0.1, 0.15) is 0 Å². The number of benzene rings is 1. The zero-order valence-corrected chi connectivity index (χ0v) is 11.7. The molecule has 0 radical (unpaired) electrons. The molecule has 1 aromatic carbocycles. The fraction of sp³-hybridized carbons (Fsp3) is 0.571. The number of fused-ring (bicyclic) bond motifs is 1. The summed E-state index contributed by atoms with van der Waals surface area (Å²) in [5.41, 5.74) is 0.317. The lowest BCUT2D eigenvalue weighted by Gasteiger charge is -2.35. The number of nitrogens with one attached hydrogen (secondary N) is 1. The molecule has 2 heterocycles. The molecule has 122 valence electrons. The second-order valence-corrected chi connectivity index (χ2v) is 5.27. The summed E-state index contributed by atoms with van der Waals surface area (Å²) in [7, 11) is 0. The Morgan fingerprint density at radius 3 is 2.59 bits per heavy atom. The van der Waals surface area contributed by atoms with E-state index in [1.807, 2.05) is 4.90 Å². The predicted molar refractivity (Wildman–Crippen MR) is 70.4 cm³/mol. The molecule has 1 saturated heterocycles. The van der Waals surface area contributed by atoms with Gasteiger partial charge in [0.2, 0.25) is 6.43 Å². The van der Waals surface area contributed by atoms with Gasteiger partial charge in [-0.25, -0.2) is 8.78 Å². The van der Waals surface area contributed by atoms with Crippen LogP contribution in [0.3, 0.4) is 0 Å². The van der Waals surface area contributed by atoms with Crippen LogP contribution in [0.4, 0.5) is 17.6 Å². The summed E-state index contributed by atoms with van der Waals surface area (Å²) in [5, 5.41) is 3.13. The molecular formula is C14H16F4N2O2. The zero-order valence-electron chi connectivity index (χ0n) is 11.7. The van der Waals surface area contributed by atoms with Gasteiger partial charge in [-0.05, 0) is 6.07 Å². The smallest absolute Gasteiger partial charge is 0.395 e. The molecule has 1 aromatic rings. The van der Waals surface area contributed by atoms with Crippen molar-refractivity contribution in [3.8, 4) is 11.5 Å². The summed E-state index contributed by atoms with van der Waals surface area (Å²) in [4.78, 5) is 1.86. The van der Waals surface area contributed by atoms with E-state index in [0.717, 1.165) is 0 Å². The Balaban J connectivity index is 1.93. The average Bonchev–Trinajstić information content (AvgIpc) is 2.79. The third-order valence-corrected chi connectivity index (χ3v) is 3.81. The fourth-order valence-electron chi connectivity index (χ4n) is 2.89. The molecule has 0 amide bonds. The summed E-state index contributed by atoms with van der Waals surface area (Å²) in [6, 6.07) is 3.71. The van der Waals surface area contributed by atoms with Crippen LogP contribution in [-0.4, -0.2) is 43.8 Å². The summed E-state index contributed by atoms with van der Waals surface area (Å²) >= 11 is 0. The Hall–Kier alpha value is -1.54. The van der Waals surface area contributed by atoms with Crippen molar-refractivity contribution in [2.45, 2.75) is 25.2 Å². The van der Waals surface area contributed by atoms with E-state index in [2.05, 4.69) is 14.8 Å². The molecule has 0 aromatic heterocycles. The number of halogens is 4. The maximum absolute atomic E-state index is 13.3. The summed E-state index contributed by atoms with van der Waals surface area (Å²) < 4.78 is 61.4. The SMILES string of the molecule is FC(F)C[C@@H](c1cccc2c1OC(F)(F)O2)N1CCNCC1. The quantitative estimate of drug-likeness (QED) is 0.865. The molecule has 0 saturated carbocycles. The van der Waals surface area contributed by atoms with Crippen molar-refractivity contribution < 1.29 is 27.0 Å². The van der Waals surface area contributed by atoms with E-state index < -0.39 is 25.2 Å². The minimum atomic E-state index is -3.75. The number of nitrogens with zero attached hydrogens (tertiary/aromatic N) is 1. The largest absolute Gasteiger partial charge is 0.586 e. The van der Waals surface area contributed by atoms with Gasteiger partial charge < -0.3 is 14.8 Å². The molecule has 0 unspecified atom stereocenters. The Labute approximate surface area is 125 Å². The highest BCUT2D eigenvalue weighted by molar-refractivity contribution is 5.50. The first-order valence-electron chi connectivity index (χ1n) is 7.08. The van der Waals surface area contributed by atoms with Crippen molar-refractivity contribution in [3.63, 3.8) is 0 Å². The second-order valence-electron chi connectivity index (χ2n) is 5.27. The lowest BCUT2D eigenvalue weighted by atomic mass is 10.00. The van der Waals surface area contributed by atoms with Crippen molar-refractivity contribution in [1.29, 1.82) is 0 Å². The Morgan fingerprint density at radius 1 is 1.18 bits per heavy atom. The third-order valence-electron chi connectivity index (χ3n) is 3.81. The predicted octanol–water partition coefficient (Wildman–Crippen LogP) is 2.61. The molecular weight excluding hydrogens is 304 g/mol. The summed E-state index contributed by atoms with van der Waals surface area (Å²) in [5.74, 6) is -0.256. The van der Waals surface area contributed by atoms with E-state index in [4.69, 9.17) is 0 Å². The highest BCUT2D eigenvalue weighted by atomic mass is 19.3. The van der Waals surface area contributed by atoms with Crippen LogP contribution in [0, 0.1) is 0 Å². The van der Waals surface area contributed by atoms with Gasteiger partial charge in [0.25, 0.3) is 0 Å². The summed E-state index contributed by atoms with van der Waals surface area (Å²) in [6.45, 7) is 2.47. The van der Waals surface area contributed by atoms with E-state index >= 15 is 0 Å². The van der Waals surface area contributed by atoms with Gasteiger partial charge in [0.15, 0.2) is 11.5 Å². The Kier molecular flexibility index (Phi) is 4.14. The van der Waals surface area contributed by atoms with Crippen LogP contribution in [-0.2, 0) is 0 Å². The van der Waals surface area contributed by atoms with E-state index in [1.165, 1.54) is 12.1 Å². The van der Waals surface area contributed by atoms with Crippen LogP contribution in [0.5, 0.6) is 11.5 Å². The van der Waals surface area contributed by atoms with E-state index in [-0.39, 0.29) is 11.5 Å². The number of ether oxygens (including phenoxy) is 2. The molecule has 2 aliphatic rings. The van der Waals surface area contributed by atoms with Crippen molar-refractivity contribution in [2.75, 3.05) is 26.2 Å². The van der Waals surface area contributed by atoms with Crippen molar-refractivity contribution in [3.05, 3.63) is 23.8 Å². The third kappa shape index (κ3) is 3.12. The zero-order chi connectivity index (χ0) is 15.7. The van der Waals surface area contributed by atoms with E-state index in [1.54, 1.807) is 6.07 Å². The van der Waals surface area contributed by atoms with Crippen molar-refractivity contribution >= 4 is 0 Å². The number of para-hydroxylation sites is 1. The number of rotatable bonds is 4. The molecule has 1 fully saturated rings.